The van der Waals surface area contributed by atoms with Crippen LogP contribution in [0.5, 0.6) is 0 Å². The Morgan fingerprint density at radius 3 is 1.50 bits per heavy atom. The summed E-state index contributed by atoms with van der Waals surface area (Å²) in [6.45, 7) is 5.90. The molecule has 3 heteroatoms. The molecule has 0 aromatic carbocycles. The van der Waals surface area contributed by atoms with Gasteiger partial charge in [-0.1, -0.05) is 26.7 Å². The summed E-state index contributed by atoms with van der Waals surface area (Å²) in [7, 11) is 0. The van der Waals surface area contributed by atoms with E-state index in [1.54, 1.807) is 13.8 Å². The van der Waals surface area contributed by atoms with Crippen LogP contribution < -0.4 is 0 Å². The minimum absolute atomic E-state index is 0.0923. The fraction of sp³-hybridized carbons (Fsp3) is 0.909. The number of ketones is 1. The van der Waals surface area contributed by atoms with E-state index >= 15 is 0 Å². The molecule has 0 bridgehead atoms. The molecule has 0 saturated heterocycles. The Kier molecular flexibility index (Phi) is 4.69. The first-order valence-corrected chi connectivity index (χ1v) is 5.20. The summed E-state index contributed by atoms with van der Waals surface area (Å²) in [6, 6.07) is 0. The van der Waals surface area contributed by atoms with E-state index in [0.717, 1.165) is 0 Å². The van der Waals surface area contributed by atoms with Crippen LogP contribution in [0, 0.1) is 0 Å². The molecule has 84 valence electrons. The second kappa shape index (κ2) is 4.85. The SMILES string of the molecule is CCCC(C)(F)C(=O)C(C)(F)CCC. The second-order valence-electron chi connectivity index (χ2n) is 4.22. The predicted molar refractivity (Wildman–Crippen MR) is 53.8 cm³/mol. The number of carbonyl (C=O) groups is 1. The highest BCUT2D eigenvalue weighted by atomic mass is 19.2. The highest BCUT2D eigenvalue weighted by Crippen LogP contribution is 2.30. The van der Waals surface area contributed by atoms with Crippen molar-refractivity contribution in [1.29, 1.82) is 0 Å². The minimum Gasteiger partial charge on any atom is -0.292 e. The van der Waals surface area contributed by atoms with E-state index in [4.69, 9.17) is 0 Å². The van der Waals surface area contributed by atoms with Crippen LogP contribution in [0.1, 0.15) is 53.4 Å². The molecule has 1 nitrogen and oxygen atoms in total. The molecule has 0 fully saturated rings. The Balaban J connectivity index is 4.58. The molecular weight excluding hydrogens is 186 g/mol. The molecule has 2 atom stereocenters. The highest BCUT2D eigenvalue weighted by molar-refractivity contribution is 5.93. The summed E-state index contributed by atoms with van der Waals surface area (Å²) < 4.78 is 27.4. The minimum atomic E-state index is -2.02. The van der Waals surface area contributed by atoms with E-state index < -0.39 is 17.1 Å². The number of halogens is 2. The zero-order chi connectivity index (χ0) is 11.4. The lowest BCUT2D eigenvalue weighted by molar-refractivity contribution is -0.141. The van der Waals surface area contributed by atoms with Gasteiger partial charge in [-0.2, -0.15) is 0 Å². The lowest BCUT2D eigenvalue weighted by Crippen LogP contribution is -2.44. The van der Waals surface area contributed by atoms with Crippen LogP contribution in [-0.2, 0) is 4.79 Å². The average molecular weight is 206 g/mol. The number of alkyl halides is 2. The molecule has 0 heterocycles. The summed E-state index contributed by atoms with van der Waals surface area (Å²) in [6.07, 6.45) is 1.27. The van der Waals surface area contributed by atoms with Crippen LogP contribution in [0.25, 0.3) is 0 Å². The zero-order valence-electron chi connectivity index (χ0n) is 9.49. The third-order valence-electron chi connectivity index (χ3n) is 2.39. The van der Waals surface area contributed by atoms with Crippen LogP contribution in [0.4, 0.5) is 8.78 Å². The average Bonchev–Trinajstić information content (AvgIpc) is 2.02. The van der Waals surface area contributed by atoms with Gasteiger partial charge in [0.05, 0.1) is 0 Å². The van der Waals surface area contributed by atoms with Crippen molar-refractivity contribution >= 4 is 5.78 Å². The Morgan fingerprint density at radius 1 is 1.00 bits per heavy atom. The van der Waals surface area contributed by atoms with Crippen molar-refractivity contribution in [3.8, 4) is 0 Å². The monoisotopic (exact) mass is 206 g/mol. The molecule has 0 spiro atoms. The van der Waals surface area contributed by atoms with Crippen LogP contribution in [0.3, 0.4) is 0 Å². The molecule has 0 aromatic rings. The van der Waals surface area contributed by atoms with E-state index in [1.807, 2.05) is 0 Å². The van der Waals surface area contributed by atoms with Crippen LogP contribution in [0.15, 0.2) is 0 Å². The van der Waals surface area contributed by atoms with Gasteiger partial charge in [-0.3, -0.25) is 4.79 Å². The van der Waals surface area contributed by atoms with Gasteiger partial charge in [-0.05, 0) is 26.7 Å². The first-order chi connectivity index (χ1) is 6.28. The van der Waals surface area contributed by atoms with Crippen molar-refractivity contribution in [3.63, 3.8) is 0 Å². The normalized spacial score (nSPS) is 19.9. The topological polar surface area (TPSA) is 17.1 Å². The largest absolute Gasteiger partial charge is 0.292 e. The maximum atomic E-state index is 13.7. The van der Waals surface area contributed by atoms with E-state index in [2.05, 4.69) is 0 Å². The quantitative estimate of drug-likeness (QED) is 0.648. The van der Waals surface area contributed by atoms with Gasteiger partial charge >= 0.3 is 0 Å². The number of rotatable bonds is 6. The molecule has 0 amide bonds. The molecule has 0 N–H and O–H groups in total. The number of hydrogen-bond acceptors (Lipinski definition) is 1. The van der Waals surface area contributed by atoms with Gasteiger partial charge in [0.1, 0.15) is 0 Å². The Bertz CT molecular complexity index is 177. The molecule has 0 aliphatic heterocycles. The molecule has 0 aliphatic rings. The van der Waals surface area contributed by atoms with Crippen LogP contribution >= 0.6 is 0 Å². The number of Topliss-reactive ketones (excluding diaryl/α,β-unsaturated/α-hetero) is 1. The smallest absolute Gasteiger partial charge is 0.206 e. The van der Waals surface area contributed by atoms with Crippen molar-refractivity contribution in [2.45, 2.75) is 64.7 Å². The van der Waals surface area contributed by atoms with Gasteiger partial charge in [0.25, 0.3) is 0 Å². The van der Waals surface area contributed by atoms with E-state index in [1.165, 1.54) is 13.8 Å². The fourth-order valence-electron chi connectivity index (χ4n) is 1.71. The van der Waals surface area contributed by atoms with E-state index in [-0.39, 0.29) is 12.8 Å². The molecule has 0 rings (SSSR count). The summed E-state index contributed by atoms with van der Waals surface area (Å²) in [5.74, 6) is -0.909. The molecule has 14 heavy (non-hydrogen) atoms. The maximum Gasteiger partial charge on any atom is 0.206 e. The van der Waals surface area contributed by atoms with Crippen molar-refractivity contribution in [3.05, 3.63) is 0 Å². The Morgan fingerprint density at radius 2 is 1.29 bits per heavy atom. The summed E-state index contributed by atoms with van der Waals surface area (Å²) >= 11 is 0. The third-order valence-corrected chi connectivity index (χ3v) is 2.39. The van der Waals surface area contributed by atoms with Crippen molar-refractivity contribution in [2.24, 2.45) is 0 Å². The van der Waals surface area contributed by atoms with Gasteiger partial charge < -0.3 is 0 Å². The summed E-state index contributed by atoms with van der Waals surface area (Å²) in [4.78, 5) is 11.5. The van der Waals surface area contributed by atoms with E-state index in [0.29, 0.717) is 12.8 Å². The molecule has 2 unspecified atom stereocenters. The molecule has 0 saturated carbocycles. The summed E-state index contributed by atoms with van der Waals surface area (Å²) in [5, 5.41) is 0. The molecular formula is C11H20F2O. The first-order valence-electron chi connectivity index (χ1n) is 5.20. The Hall–Kier alpha value is -0.470. The van der Waals surface area contributed by atoms with Crippen LogP contribution in [-0.4, -0.2) is 17.1 Å². The number of carbonyl (C=O) groups excluding carboxylic acids is 1. The predicted octanol–water partition coefficient (Wildman–Crippen LogP) is 3.61. The van der Waals surface area contributed by atoms with Gasteiger partial charge in [0.2, 0.25) is 5.78 Å². The van der Waals surface area contributed by atoms with Crippen molar-refractivity contribution < 1.29 is 13.6 Å². The second-order valence-corrected chi connectivity index (χ2v) is 4.22. The maximum absolute atomic E-state index is 13.7. The first kappa shape index (κ1) is 13.5. The lowest BCUT2D eigenvalue weighted by atomic mass is 9.85. The van der Waals surface area contributed by atoms with Crippen LogP contribution in [0.2, 0.25) is 0 Å². The van der Waals surface area contributed by atoms with Crippen molar-refractivity contribution in [2.75, 3.05) is 0 Å². The van der Waals surface area contributed by atoms with Gasteiger partial charge in [-0.15, -0.1) is 0 Å². The van der Waals surface area contributed by atoms with Gasteiger partial charge in [0.15, 0.2) is 11.3 Å². The van der Waals surface area contributed by atoms with Gasteiger partial charge in [0, 0.05) is 0 Å². The molecule has 0 aromatic heterocycles. The zero-order valence-corrected chi connectivity index (χ0v) is 9.49. The van der Waals surface area contributed by atoms with Crippen molar-refractivity contribution in [1.82, 2.24) is 0 Å². The van der Waals surface area contributed by atoms with E-state index in [9.17, 15) is 13.6 Å². The standard InChI is InChI=1S/C11H20F2O/c1-5-7-10(3,12)9(14)11(4,13)8-6-2/h5-8H2,1-4H3. The summed E-state index contributed by atoms with van der Waals surface area (Å²) in [5.41, 5.74) is -4.04. The Labute approximate surface area is 84.9 Å². The highest BCUT2D eigenvalue weighted by Gasteiger charge is 2.44. The molecule has 0 aliphatic carbocycles. The molecule has 0 radical (unpaired) electrons. The van der Waals surface area contributed by atoms with Gasteiger partial charge in [-0.25, -0.2) is 8.78 Å². The lowest BCUT2D eigenvalue weighted by Gasteiger charge is -2.26. The third kappa shape index (κ3) is 3.35. The number of hydrogen-bond donors (Lipinski definition) is 0. The fourth-order valence-corrected chi connectivity index (χ4v) is 1.71.